The summed E-state index contributed by atoms with van der Waals surface area (Å²) in [5.74, 6) is 1.21. The monoisotopic (exact) mass is 426 g/mol. The standard InChI is InChI=1S/C23H23ClN2O4/c1-15(2)30-20-6-4-17(24)12-19(20)23(27)26-18-5-7-21(28-3)22(13-18)29-14-16-8-10-25-11-9-16/h4-13,15H,14H2,1-3H3,(H,26,27). The number of anilines is 1. The highest BCUT2D eigenvalue weighted by Gasteiger charge is 2.16. The first-order valence-electron chi connectivity index (χ1n) is 9.43. The minimum Gasteiger partial charge on any atom is -0.493 e. The van der Waals surface area contributed by atoms with Gasteiger partial charge in [-0.05, 0) is 61.9 Å². The van der Waals surface area contributed by atoms with Crippen LogP contribution >= 0.6 is 11.6 Å². The van der Waals surface area contributed by atoms with E-state index in [1.54, 1.807) is 55.9 Å². The minimum atomic E-state index is -0.335. The first kappa shape index (κ1) is 21.5. The summed E-state index contributed by atoms with van der Waals surface area (Å²) < 4.78 is 17.0. The first-order chi connectivity index (χ1) is 14.5. The normalized spacial score (nSPS) is 10.6. The van der Waals surface area contributed by atoms with Crippen molar-refractivity contribution in [2.45, 2.75) is 26.6 Å². The molecule has 0 fully saturated rings. The molecule has 0 radical (unpaired) electrons. The van der Waals surface area contributed by atoms with Gasteiger partial charge in [-0.25, -0.2) is 0 Å². The maximum absolute atomic E-state index is 12.9. The lowest BCUT2D eigenvalue weighted by molar-refractivity contribution is 0.102. The van der Waals surface area contributed by atoms with Crippen LogP contribution in [0.5, 0.6) is 17.2 Å². The van der Waals surface area contributed by atoms with Crippen molar-refractivity contribution < 1.29 is 19.0 Å². The van der Waals surface area contributed by atoms with Crippen molar-refractivity contribution in [1.82, 2.24) is 4.98 Å². The van der Waals surface area contributed by atoms with Crippen molar-refractivity contribution in [3.8, 4) is 17.2 Å². The number of ether oxygens (including phenoxy) is 3. The van der Waals surface area contributed by atoms with Gasteiger partial charge in [0.15, 0.2) is 11.5 Å². The van der Waals surface area contributed by atoms with Gasteiger partial charge in [0.05, 0.1) is 18.8 Å². The summed E-state index contributed by atoms with van der Waals surface area (Å²) in [6.45, 7) is 4.13. The molecule has 156 valence electrons. The number of benzene rings is 2. The van der Waals surface area contributed by atoms with Crippen LogP contribution in [0.4, 0.5) is 5.69 Å². The molecule has 0 aliphatic carbocycles. The Kier molecular flexibility index (Phi) is 7.14. The number of hydrogen-bond donors (Lipinski definition) is 1. The van der Waals surface area contributed by atoms with Crippen LogP contribution < -0.4 is 19.5 Å². The molecule has 1 heterocycles. The summed E-state index contributed by atoms with van der Waals surface area (Å²) in [5, 5.41) is 3.32. The number of hydrogen-bond acceptors (Lipinski definition) is 5. The number of nitrogens with one attached hydrogen (secondary N) is 1. The van der Waals surface area contributed by atoms with E-state index in [1.807, 2.05) is 26.0 Å². The number of rotatable bonds is 8. The lowest BCUT2D eigenvalue weighted by atomic mass is 10.1. The number of carbonyl (C=O) groups excluding carboxylic acids is 1. The Labute approximate surface area is 180 Å². The summed E-state index contributed by atoms with van der Waals surface area (Å²) in [6, 6.07) is 13.9. The van der Waals surface area contributed by atoms with Crippen molar-refractivity contribution in [3.63, 3.8) is 0 Å². The summed E-state index contributed by atoms with van der Waals surface area (Å²) in [5.41, 5.74) is 1.88. The third-order valence-electron chi connectivity index (χ3n) is 4.11. The average Bonchev–Trinajstić information content (AvgIpc) is 2.74. The number of methoxy groups -OCH3 is 1. The third kappa shape index (κ3) is 5.64. The number of amides is 1. The van der Waals surface area contributed by atoms with Crippen molar-refractivity contribution in [2.75, 3.05) is 12.4 Å². The fourth-order valence-electron chi connectivity index (χ4n) is 2.74. The molecular formula is C23H23ClN2O4. The number of pyridine rings is 1. The van der Waals surface area contributed by atoms with E-state index in [0.717, 1.165) is 5.56 Å². The van der Waals surface area contributed by atoms with Gasteiger partial charge in [0.1, 0.15) is 12.4 Å². The molecule has 6 nitrogen and oxygen atoms in total. The van der Waals surface area contributed by atoms with E-state index in [0.29, 0.717) is 40.1 Å². The highest BCUT2D eigenvalue weighted by molar-refractivity contribution is 6.31. The zero-order chi connectivity index (χ0) is 21.5. The van der Waals surface area contributed by atoms with Crippen LogP contribution in [0, 0.1) is 0 Å². The maximum Gasteiger partial charge on any atom is 0.259 e. The molecule has 1 N–H and O–H groups in total. The van der Waals surface area contributed by atoms with Crippen LogP contribution in [0.2, 0.25) is 5.02 Å². The smallest absolute Gasteiger partial charge is 0.259 e. The van der Waals surface area contributed by atoms with Gasteiger partial charge >= 0.3 is 0 Å². The fourth-order valence-corrected chi connectivity index (χ4v) is 2.91. The van der Waals surface area contributed by atoms with Crippen molar-refractivity contribution >= 4 is 23.2 Å². The van der Waals surface area contributed by atoms with Gasteiger partial charge in [-0.2, -0.15) is 0 Å². The third-order valence-corrected chi connectivity index (χ3v) is 4.35. The van der Waals surface area contributed by atoms with Crippen LogP contribution in [-0.2, 0) is 6.61 Å². The molecule has 0 spiro atoms. The molecule has 7 heteroatoms. The van der Waals surface area contributed by atoms with Crippen molar-refractivity contribution in [3.05, 3.63) is 77.1 Å². The molecule has 30 heavy (non-hydrogen) atoms. The van der Waals surface area contributed by atoms with Crippen LogP contribution in [-0.4, -0.2) is 24.1 Å². The Morgan fingerprint density at radius 1 is 1.03 bits per heavy atom. The second-order valence-electron chi connectivity index (χ2n) is 6.77. The van der Waals surface area contributed by atoms with E-state index in [9.17, 15) is 4.79 Å². The highest BCUT2D eigenvalue weighted by Crippen LogP contribution is 2.32. The number of nitrogens with zero attached hydrogens (tertiary/aromatic N) is 1. The van der Waals surface area contributed by atoms with Gasteiger partial charge in [-0.15, -0.1) is 0 Å². The first-order valence-corrected chi connectivity index (χ1v) is 9.81. The average molecular weight is 427 g/mol. The van der Waals surface area contributed by atoms with E-state index in [4.69, 9.17) is 25.8 Å². The predicted molar refractivity (Wildman–Crippen MR) is 117 cm³/mol. The Balaban J connectivity index is 1.79. The van der Waals surface area contributed by atoms with E-state index < -0.39 is 0 Å². The molecule has 1 amide bonds. The maximum atomic E-state index is 12.9. The lowest BCUT2D eigenvalue weighted by Gasteiger charge is -2.16. The molecule has 0 saturated heterocycles. The molecule has 3 aromatic rings. The zero-order valence-electron chi connectivity index (χ0n) is 17.0. The van der Waals surface area contributed by atoms with Gasteiger partial charge in [0.2, 0.25) is 0 Å². The number of halogens is 1. The molecule has 0 aliphatic rings. The molecular weight excluding hydrogens is 404 g/mol. The van der Waals surface area contributed by atoms with E-state index in [-0.39, 0.29) is 12.0 Å². The predicted octanol–water partition coefficient (Wildman–Crippen LogP) is 5.36. The summed E-state index contributed by atoms with van der Waals surface area (Å²) in [4.78, 5) is 16.9. The Morgan fingerprint density at radius 2 is 1.77 bits per heavy atom. The fraction of sp³-hybridized carbons (Fsp3) is 0.217. The van der Waals surface area contributed by atoms with Crippen molar-refractivity contribution in [2.24, 2.45) is 0 Å². The molecule has 0 bridgehead atoms. The zero-order valence-corrected chi connectivity index (χ0v) is 17.8. The van der Waals surface area contributed by atoms with Crippen molar-refractivity contribution in [1.29, 1.82) is 0 Å². The molecule has 1 aromatic heterocycles. The molecule has 0 saturated carbocycles. The summed E-state index contributed by atoms with van der Waals surface area (Å²) in [6.07, 6.45) is 3.33. The van der Waals surface area contributed by atoms with E-state index in [2.05, 4.69) is 10.3 Å². The van der Waals surface area contributed by atoms with Crippen LogP contribution in [0.1, 0.15) is 29.8 Å². The molecule has 0 aliphatic heterocycles. The summed E-state index contributed by atoms with van der Waals surface area (Å²) >= 11 is 6.09. The summed E-state index contributed by atoms with van der Waals surface area (Å²) in [7, 11) is 1.56. The molecule has 2 aromatic carbocycles. The van der Waals surface area contributed by atoms with Gasteiger partial charge < -0.3 is 19.5 Å². The van der Waals surface area contributed by atoms with Crippen LogP contribution in [0.15, 0.2) is 60.9 Å². The van der Waals surface area contributed by atoms with Crippen LogP contribution in [0.25, 0.3) is 0 Å². The SMILES string of the molecule is COc1ccc(NC(=O)c2cc(Cl)ccc2OC(C)C)cc1OCc1ccncc1. The Bertz CT molecular complexity index is 1010. The number of aromatic nitrogens is 1. The van der Waals surface area contributed by atoms with E-state index >= 15 is 0 Å². The lowest BCUT2D eigenvalue weighted by Crippen LogP contribution is -2.16. The largest absolute Gasteiger partial charge is 0.493 e. The minimum absolute atomic E-state index is 0.0769. The van der Waals surface area contributed by atoms with Gasteiger partial charge in [0, 0.05) is 29.2 Å². The van der Waals surface area contributed by atoms with E-state index in [1.165, 1.54) is 0 Å². The quantitative estimate of drug-likeness (QED) is 0.525. The molecule has 0 unspecified atom stereocenters. The van der Waals surface area contributed by atoms with Gasteiger partial charge in [-0.3, -0.25) is 9.78 Å². The second-order valence-corrected chi connectivity index (χ2v) is 7.21. The second kappa shape index (κ2) is 9.98. The molecule has 3 rings (SSSR count). The van der Waals surface area contributed by atoms with Crippen LogP contribution in [0.3, 0.4) is 0 Å². The highest BCUT2D eigenvalue weighted by atomic mass is 35.5. The Hall–Kier alpha value is -3.25. The Morgan fingerprint density at radius 3 is 2.47 bits per heavy atom. The molecule has 0 atom stereocenters. The number of carbonyl (C=O) groups is 1. The topological polar surface area (TPSA) is 69.7 Å². The van der Waals surface area contributed by atoms with Gasteiger partial charge in [-0.1, -0.05) is 11.6 Å². The van der Waals surface area contributed by atoms with Gasteiger partial charge in [0.25, 0.3) is 5.91 Å².